The van der Waals surface area contributed by atoms with E-state index in [9.17, 15) is 4.39 Å². The molecule has 2 bridgehead atoms. The normalized spacial score (nSPS) is 29.7. The van der Waals surface area contributed by atoms with Crippen LogP contribution in [0.3, 0.4) is 0 Å². The highest BCUT2D eigenvalue weighted by molar-refractivity contribution is 6.30. The Bertz CT molecular complexity index is 492. The minimum Gasteiger partial charge on any atom is -0.379 e. The lowest BCUT2D eigenvalue weighted by atomic mass is 9.73. The van der Waals surface area contributed by atoms with Crippen LogP contribution in [0.2, 0.25) is 5.02 Å². The fraction of sp³-hybridized carbons (Fsp3) is 0.647. The maximum atomic E-state index is 14.0. The number of likely N-dealkylation sites (tertiary alicyclic amines) is 1. The van der Waals surface area contributed by atoms with Crippen molar-refractivity contribution in [3.63, 3.8) is 0 Å². The van der Waals surface area contributed by atoms with Gasteiger partial charge < -0.3 is 10.2 Å². The van der Waals surface area contributed by atoms with Crippen LogP contribution in [0.15, 0.2) is 18.2 Å². The summed E-state index contributed by atoms with van der Waals surface area (Å²) in [6.07, 6.45) is 3.77. The quantitative estimate of drug-likeness (QED) is 0.890. The van der Waals surface area contributed by atoms with Crippen molar-refractivity contribution in [2.24, 2.45) is 11.8 Å². The van der Waals surface area contributed by atoms with Gasteiger partial charge >= 0.3 is 0 Å². The van der Waals surface area contributed by atoms with Crippen LogP contribution in [0.1, 0.15) is 33.1 Å². The third kappa shape index (κ3) is 3.19. The molecule has 1 saturated carbocycles. The molecule has 1 aromatic carbocycles. The van der Waals surface area contributed by atoms with E-state index in [1.807, 2.05) is 0 Å². The molecule has 1 N–H and O–H groups in total. The predicted molar refractivity (Wildman–Crippen MR) is 86.4 cm³/mol. The summed E-state index contributed by atoms with van der Waals surface area (Å²) in [6.45, 7) is 6.77. The van der Waals surface area contributed by atoms with Crippen molar-refractivity contribution in [1.29, 1.82) is 0 Å². The topological polar surface area (TPSA) is 15.3 Å². The van der Waals surface area contributed by atoms with Crippen LogP contribution in [0.25, 0.3) is 0 Å². The zero-order valence-corrected chi connectivity index (χ0v) is 13.5. The highest BCUT2D eigenvalue weighted by Gasteiger charge is 2.40. The average molecular weight is 311 g/mol. The van der Waals surface area contributed by atoms with E-state index in [0.717, 1.165) is 13.1 Å². The van der Waals surface area contributed by atoms with Crippen molar-refractivity contribution in [2.45, 2.75) is 45.2 Å². The molecule has 3 rings (SSSR count). The van der Waals surface area contributed by atoms with Crippen LogP contribution in [0, 0.1) is 17.7 Å². The van der Waals surface area contributed by atoms with Gasteiger partial charge in [0.15, 0.2) is 0 Å². The van der Waals surface area contributed by atoms with Gasteiger partial charge in [0.2, 0.25) is 0 Å². The molecule has 0 radical (unpaired) electrons. The first-order valence-corrected chi connectivity index (χ1v) is 8.38. The van der Waals surface area contributed by atoms with Gasteiger partial charge in [-0.15, -0.1) is 0 Å². The van der Waals surface area contributed by atoms with Crippen LogP contribution in [-0.2, 0) is 0 Å². The van der Waals surface area contributed by atoms with Crippen LogP contribution in [0.5, 0.6) is 0 Å². The van der Waals surface area contributed by atoms with E-state index in [2.05, 4.69) is 24.1 Å². The molecule has 21 heavy (non-hydrogen) atoms. The number of piperidine rings is 1. The van der Waals surface area contributed by atoms with Gasteiger partial charge in [-0.1, -0.05) is 18.0 Å². The molecule has 2 fully saturated rings. The molecule has 1 saturated heterocycles. The highest BCUT2D eigenvalue weighted by Crippen LogP contribution is 2.38. The van der Waals surface area contributed by atoms with Gasteiger partial charge in [-0.2, -0.15) is 0 Å². The summed E-state index contributed by atoms with van der Waals surface area (Å²) in [4.78, 5) is 2.57. The van der Waals surface area contributed by atoms with E-state index < -0.39 is 0 Å². The lowest BCUT2D eigenvalue weighted by Crippen LogP contribution is -2.56. The summed E-state index contributed by atoms with van der Waals surface area (Å²) in [5, 5.41) is 4.05. The van der Waals surface area contributed by atoms with E-state index >= 15 is 0 Å². The monoisotopic (exact) mass is 310 g/mol. The highest BCUT2D eigenvalue weighted by atomic mass is 35.5. The Labute approximate surface area is 131 Å². The lowest BCUT2D eigenvalue weighted by Gasteiger charge is -2.49. The Balaban J connectivity index is 1.78. The number of fused-ring (bicyclic) bond motifs is 2. The smallest absolute Gasteiger partial charge is 0.146 e. The molecule has 2 nitrogen and oxygen atoms in total. The molecule has 4 heteroatoms. The Morgan fingerprint density at radius 2 is 1.90 bits per heavy atom. The SMILES string of the molecule is CC(C)N1CC2CCCC(C1)C2Nc1cc(Cl)ccc1F. The number of hydrogen-bond donors (Lipinski definition) is 1. The third-order valence-corrected chi connectivity index (χ3v) is 5.32. The van der Waals surface area contributed by atoms with Gasteiger partial charge in [0, 0.05) is 30.2 Å². The first-order chi connectivity index (χ1) is 10.0. The number of nitrogens with one attached hydrogen (secondary N) is 1. The first kappa shape index (κ1) is 15.1. The molecule has 2 unspecified atom stereocenters. The zero-order chi connectivity index (χ0) is 15.0. The zero-order valence-electron chi connectivity index (χ0n) is 12.8. The van der Waals surface area contributed by atoms with Gasteiger partial charge in [-0.3, -0.25) is 0 Å². The summed E-state index contributed by atoms with van der Waals surface area (Å²) < 4.78 is 14.0. The lowest BCUT2D eigenvalue weighted by molar-refractivity contribution is 0.0517. The molecule has 1 aliphatic heterocycles. The number of halogens is 2. The van der Waals surface area contributed by atoms with Crippen molar-refractivity contribution < 1.29 is 4.39 Å². The first-order valence-electron chi connectivity index (χ1n) is 8.00. The molecule has 1 aliphatic carbocycles. The third-order valence-electron chi connectivity index (χ3n) is 5.08. The molecular weight excluding hydrogens is 287 g/mol. The molecule has 1 heterocycles. The minimum absolute atomic E-state index is 0.205. The van der Waals surface area contributed by atoms with Gasteiger partial charge in [0.1, 0.15) is 5.82 Å². The summed E-state index contributed by atoms with van der Waals surface area (Å²) >= 11 is 6.00. The number of anilines is 1. The van der Waals surface area contributed by atoms with E-state index in [0.29, 0.717) is 34.6 Å². The van der Waals surface area contributed by atoms with Crippen LogP contribution < -0.4 is 5.32 Å². The molecule has 116 valence electrons. The maximum Gasteiger partial charge on any atom is 0.146 e. The Morgan fingerprint density at radius 1 is 1.24 bits per heavy atom. The molecule has 0 spiro atoms. The van der Waals surface area contributed by atoms with Gasteiger partial charge in [0.25, 0.3) is 0 Å². The van der Waals surface area contributed by atoms with Crippen molar-refractivity contribution in [3.8, 4) is 0 Å². The fourth-order valence-corrected chi connectivity index (χ4v) is 4.09. The van der Waals surface area contributed by atoms with Crippen molar-refractivity contribution in [3.05, 3.63) is 29.0 Å². The fourth-order valence-electron chi connectivity index (χ4n) is 3.92. The average Bonchev–Trinajstić information content (AvgIpc) is 2.42. The van der Waals surface area contributed by atoms with E-state index in [-0.39, 0.29) is 5.82 Å². The standard InChI is InChI=1S/C17H24ClFN2/c1-11(2)21-9-12-4-3-5-13(10-21)17(12)20-16-8-14(18)6-7-15(16)19/h6-8,11-13,17,20H,3-5,9-10H2,1-2H3. The largest absolute Gasteiger partial charge is 0.379 e. The van der Waals surface area contributed by atoms with Gasteiger partial charge in [-0.05, 0) is 56.7 Å². The summed E-state index contributed by atoms with van der Waals surface area (Å²) in [5.41, 5.74) is 0.558. The van der Waals surface area contributed by atoms with Crippen molar-refractivity contribution in [1.82, 2.24) is 4.90 Å². The molecule has 2 aliphatic rings. The summed E-state index contributed by atoms with van der Waals surface area (Å²) in [5.74, 6) is 1.01. The second-order valence-corrected chi connectivity index (χ2v) is 7.23. The minimum atomic E-state index is -0.205. The Morgan fingerprint density at radius 3 is 2.52 bits per heavy atom. The second kappa shape index (κ2) is 6.13. The predicted octanol–water partition coefficient (Wildman–Crippen LogP) is 4.40. The molecule has 0 aromatic heterocycles. The Kier molecular flexibility index (Phi) is 4.41. The molecular formula is C17H24ClFN2. The molecule has 1 aromatic rings. The van der Waals surface area contributed by atoms with E-state index in [1.54, 1.807) is 12.1 Å². The number of rotatable bonds is 3. The van der Waals surface area contributed by atoms with E-state index in [4.69, 9.17) is 11.6 Å². The van der Waals surface area contributed by atoms with Gasteiger partial charge in [-0.25, -0.2) is 4.39 Å². The van der Waals surface area contributed by atoms with Crippen LogP contribution >= 0.6 is 11.6 Å². The summed E-state index contributed by atoms with van der Waals surface area (Å²) in [6, 6.07) is 5.73. The maximum absolute atomic E-state index is 14.0. The number of nitrogens with zero attached hydrogens (tertiary/aromatic N) is 1. The van der Waals surface area contributed by atoms with Crippen molar-refractivity contribution in [2.75, 3.05) is 18.4 Å². The number of benzene rings is 1. The van der Waals surface area contributed by atoms with Crippen molar-refractivity contribution >= 4 is 17.3 Å². The molecule has 0 amide bonds. The van der Waals surface area contributed by atoms with Gasteiger partial charge in [0.05, 0.1) is 5.69 Å². The van der Waals surface area contributed by atoms with E-state index in [1.165, 1.54) is 25.3 Å². The number of hydrogen-bond acceptors (Lipinski definition) is 2. The Hall–Kier alpha value is -0.800. The van der Waals surface area contributed by atoms with Crippen LogP contribution in [0.4, 0.5) is 10.1 Å². The van der Waals surface area contributed by atoms with Crippen LogP contribution in [-0.4, -0.2) is 30.1 Å². The second-order valence-electron chi connectivity index (χ2n) is 6.79. The molecule has 2 atom stereocenters. The summed E-state index contributed by atoms with van der Waals surface area (Å²) in [7, 11) is 0.